The second kappa shape index (κ2) is 2.79. The molecule has 2 rings (SSSR count). The van der Waals surface area contributed by atoms with E-state index in [0.717, 1.165) is 4.68 Å². The summed E-state index contributed by atoms with van der Waals surface area (Å²) in [5.41, 5.74) is 2.41. The molecule has 0 spiro atoms. The van der Waals surface area contributed by atoms with Crippen molar-refractivity contribution in [3.63, 3.8) is 0 Å². The molecule has 1 aliphatic heterocycles. The van der Waals surface area contributed by atoms with E-state index >= 15 is 0 Å². The number of fused-ring (bicyclic) bond motifs is 1. The van der Waals surface area contributed by atoms with Crippen LogP contribution in [-0.2, 0) is 4.57 Å². The third kappa shape index (κ3) is 1.38. The fraction of sp³-hybridized carbons (Fsp3) is 0.400. The van der Waals surface area contributed by atoms with Crippen molar-refractivity contribution in [3.8, 4) is 0 Å². The first-order chi connectivity index (χ1) is 6.49. The summed E-state index contributed by atoms with van der Waals surface area (Å²) in [6.45, 7) is 2.98. The molecule has 1 aromatic heterocycles. The summed E-state index contributed by atoms with van der Waals surface area (Å²) < 4.78 is 12.7. The van der Waals surface area contributed by atoms with E-state index < -0.39 is 7.44 Å². The molecule has 14 heavy (non-hydrogen) atoms. The van der Waals surface area contributed by atoms with Crippen LogP contribution in [0.2, 0.25) is 0 Å². The number of anilines is 1. The molecule has 1 unspecified atom stereocenters. The van der Waals surface area contributed by atoms with Crippen LogP contribution in [0.3, 0.4) is 0 Å². The summed E-state index contributed by atoms with van der Waals surface area (Å²) in [6.07, 6.45) is 0. The Morgan fingerprint density at radius 3 is 2.86 bits per heavy atom. The normalized spacial score (nSPS) is 24.7. The number of aryl methyl sites for hydroxylation is 1. The highest BCUT2D eigenvalue weighted by Crippen LogP contribution is 2.34. The van der Waals surface area contributed by atoms with Gasteiger partial charge in [-0.1, -0.05) is 0 Å². The Bertz CT molecular complexity index is 482. The van der Waals surface area contributed by atoms with Crippen LogP contribution < -0.4 is 21.4 Å². The zero-order valence-corrected chi connectivity index (χ0v) is 8.50. The highest BCUT2D eigenvalue weighted by atomic mass is 31.2. The molecule has 1 aliphatic rings. The quantitative estimate of drug-likeness (QED) is 0.490. The van der Waals surface area contributed by atoms with Crippen LogP contribution in [0.4, 0.5) is 5.95 Å². The van der Waals surface area contributed by atoms with Crippen molar-refractivity contribution in [1.82, 2.24) is 20.1 Å². The van der Waals surface area contributed by atoms with Gasteiger partial charge in [0.25, 0.3) is 19.0 Å². The van der Waals surface area contributed by atoms with Crippen LogP contribution in [0, 0.1) is 6.92 Å². The minimum absolute atomic E-state index is 0.189. The molecule has 0 aromatic carbocycles. The van der Waals surface area contributed by atoms with Gasteiger partial charge >= 0.3 is 0 Å². The van der Waals surface area contributed by atoms with E-state index in [9.17, 15) is 9.36 Å². The Morgan fingerprint density at radius 2 is 2.14 bits per heavy atom. The minimum Gasteiger partial charge on any atom is -0.281 e. The van der Waals surface area contributed by atoms with Crippen LogP contribution in [0.1, 0.15) is 5.69 Å². The Hall–Kier alpha value is -1.40. The molecule has 0 bridgehead atoms. The smallest absolute Gasteiger partial charge is 0.281 e. The first-order valence-corrected chi connectivity index (χ1v) is 6.00. The maximum atomic E-state index is 11.6. The molecule has 76 valence electrons. The molecule has 0 radical (unpaired) electrons. The largest absolute Gasteiger partial charge is 0.295 e. The monoisotopic (exact) mass is 216 g/mol. The average molecular weight is 216 g/mol. The van der Waals surface area contributed by atoms with Gasteiger partial charge in [-0.25, -0.2) is 0 Å². The Kier molecular flexibility index (Phi) is 1.83. The molecule has 0 amide bonds. The summed E-state index contributed by atoms with van der Waals surface area (Å²) in [5.74, 6) is 0.189. The standard InChI is InChI=1S/C5H9N6O2P/c1-3-4(12)11-5(7-6-3)8-9-14(2,13)10-11/h1-2H3,(H,7,8)(H2,9,10,13). The van der Waals surface area contributed by atoms with E-state index in [0.29, 0.717) is 0 Å². The molecule has 0 aliphatic carbocycles. The number of nitrogens with one attached hydrogen (secondary N) is 3. The molecular formula is C5H9N6O2P. The number of hydrazine groups is 1. The molecule has 8 nitrogen and oxygen atoms in total. The van der Waals surface area contributed by atoms with E-state index in [2.05, 4.69) is 26.0 Å². The van der Waals surface area contributed by atoms with Crippen molar-refractivity contribution in [1.29, 1.82) is 0 Å². The van der Waals surface area contributed by atoms with E-state index in [4.69, 9.17) is 0 Å². The first-order valence-electron chi connectivity index (χ1n) is 3.85. The molecule has 1 atom stereocenters. The van der Waals surface area contributed by atoms with Crippen LogP contribution in [-0.4, -0.2) is 21.5 Å². The van der Waals surface area contributed by atoms with Crippen molar-refractivity contribution < 1.29 is 4.57 Å². The van der Waals surface area contributed by atoms with Gasteiger partial charge in [-0.2, -0.15) is 9.87 Å². The average Bonchev–Trinajstić information content (AvgIpc) is 2.11. The Morgan fingerprint density at radius 1 is 1.43 bits per heavy atom. The minimum atomic E-state index is -2.78. The fourth-order valence-electron chi connectivity index (χ4n) is 1.01. The summed E-state index contributed by atoms with van der Waals surface area (Å²) in [4.78, 5) is 11.5. The van der Waals surface area contributed by atoms with E-state index in [-0.39, 0.29) is 17.2 Å². The van der Waals surface area contributed by atoms with E-state index in [1.165, 1.54) is 13.6 Å². The summed E-state index contributed by atoms with van der Waals surface area (Å²) in [5, 5.41) is 12.3. The zero-order valence-electron chi connectivity index (χ0n) is 7.61. The van der Waals surface area contributed by atoms with Crippen molar-refractivity contribution in [2.45, 2.75) is 6.92 Å². The molecule has 1 aromatic rings. The lowest BCUT2D eigenvalue weighted by Crippen LogP contribution is -2.42. The first kappa shape index (κ1) is 9.17. The van der Waals surface area contributed by atoms with Gasteiger partial charge in [-0.05, 0) is 6.92 Å². The molecule has 3 N–H and O–H groups in total. The lowest BCUT2D eigenvalue weighted by Gasteiger charge is -2.26. The lowest BCUT2D eigenvalue weighted by molar-refractivity contribution is 0.565. The van der Waals surface area contributed by atoms with Crippen LogP contribution in [0.25, 0.3) is 0 Å². The molecule has 0 saturated heterocycles. The third-order valence-electron chi connectivity index (χ3n) is 1.69. The highest BCUT2D eigenvalue weighted by molar-refractivity contribution is 7.62. The second-order valence-corrected chi connectivity index (χ2v) is 5.28. The van der Waals surface area contributed by atoms with E-state index in [1.54, 1.807) is 0 Å². The van der Waals surface area contributed by atoms with Gasteiger partial charge in [-0.15, -0.1) is 10.2 Å². The second-order valence-electron chi connectivity index (χ2n) is 3.01. The van der Waals surface area contributed by atoms with Gasteiger partial charge in [0.15, 0.2) is 0 Å². The van der Waals surface area contributed by atoms with Crippen LogP contribution in [0.5, 0.6) is 0 Å². The van der Waals surface area contributed by atoms with Crippen LogP contribution in [0.15, 0.2) is 4.79 Å². The van der Waals surface area contributed by atoms with Crippen LogP contribution >= 0.6 is 7.44 Å². The van der Waals surface area contributed by atoms with Gasteiger partial charge in [-0.3, -0.25) is 20.0 Å². The number of hydrogen-bond donors (Lipinski definition) is 3. The SMILES string of the molecule is Cc1nnc2n(c1=O)NP(C)(=O)NN2. The number of aromatic nitrogens is 3. The number of hydrogen-bond acceptors (Lipinski definition) is 5. The summed E-state index contributed by atoms with van der Waals surface area (Å²) in [7, 11) is -2.78. The maximum absolute atomic E-state index is 11.6. The van der Waals surface area contributed by atoms with E-state index in [1.807, 2.05) is 0 Å². The topological polar surface area (TPSA) is 101 Å². The highest BCUT2D eigenvalue weighted by Gasteiger charge is 2.24. The molecule has 0 saturated carbocycles. The lowest BCUT2D eigenvalue weighted by atomic mass is 10.5. The maximum Gasteiger partial charge on any atom is 0.295 e. The van der Waals surface area contributed by atoms with Gasteiger partial charge in [0.1, 0.15) is 5.69 Å². The fourth-order valence-corrected chi connectivity index (χ4v) is 1.94. The van der Waals surface area contributed by atoms with Gasteiger partial charge in [0.2, 0.25) is 0 Å². The summed E-state index contributed by atoms with van der Waals surface area (Å²) in [6, 6.07) is 0. The number of nitrogens with zero attached hydrogens (tertiary/aromatic N) is 3. The molecular weight excluding hydrogens is 207 g/mol. The zero-order chi connectivity index (χ0) is 10.3. The predicted octanol–water partition coefficient (Wildman–Crippen LogP) is -0.757. The van der Waals surface area contributed by atoms with Gasteiger partial charge in [0.05, 0.1) is 0 Å². The van der Waals surface area contributed by atoms with Gasteiger partial charge in [0, 0.05) is 6.66 Å². The Labute approximate surface area is 79.1 Å². The molecule has 0 fully saturated rings. The third-order valence-corrected chi connectivity index (χ3v) is 2.81. The molecule has 9 heteroatoms. The van der Waals surface area contributed by atoms with Crippen molar-refractivity contribution in [2.75, 3.05) is 17.3 Å². The predicted molar refractivity (Wildman–Crippen MR) is 50.7 cm³/mol. The van der Waals surface area contributed by atoms with Gasteiger partial charge < -0.3 is 0 Å². The van der Waals surface area contributed by atoms with Crippen molar-refractivity contribution >= 4 is 13.4 Å². The Balaban J connectivity index is 2.60. The number of rotatable bonds is 0. The molecule has 2 heterocycles. The van der Waals surface area contributed by atoms with Crippen molar-refractivity contribution in [3.05, 3.63) is 16.0 Å². The summed E-state index contributed by atoms with van der Waals surface area (Å²) >= 11 is 0. The van der Waals surface area contributed by atoms with Crippen molar-refractivity contribution in [2.24, 2.45) is 0 Å².